The van der Waals surface area contributed by atoms with Crippen LogP contribution in [0.4, 0.5) is 0 Å². The van der Waals surface area contributed by atoms with Gasteiger partial charge in [-0.05, 0) is 0 Å². The van der Waals surface area contributed by atoms with E-state index < -0.39 is 0 Å². The number of benzene rings is 3. The minimum atomic E-state index is -0.220. The van der Waals surface area contributed by atoms with Gasteiger partial charge in [-0.25, -0.2) is 0 Å². The van der Waals surface area contributed by atoms with Gasteiger partial charge < -0.3 is 24.8 Å². The number of hydrogen-bond donors (Lipinski definition) is 0. The fraction of sp³-hybridized carbons (Fsp3) is 0.0909. The summed E-state index contributed by atoms with van der Waals surface area (Å²) < 4.78 is 2.27. The van der Waals surface area contributed by atoms with Crippen LogP contribution in [0.5, 0.6) is 0 Å². The van der Waals surface area contributed by atoms with Crippen molar-refractivity contribution < 1.29 is 44.0 Å². The maximum atomic E-state index is 2.42. The van der Waals surface area contributed by atoms with Crippen molar-refractivity contribution in [3.8, 4) is 11.1 Å². The molecule has 25 heavy (non-hydrogen) atoms. The van der Waals surface area contributed by atoms with Gasteiger partial charge in [0.2, 0.25) is 0 Å². The van der Waals surface area contributed by atoms with E-state index in [1.54, 1.807) is 9.43 Å². The van der Waals surface area contributed by atoms with Gasteiger partial charge in [0.25, 0.3) is 0 Å². The van der Waals surface area contributed by atoms with Gasteiger partial charge in [0, 0.05) is 0 Å². The standard InChI is InChI=1S/C13H9.C9H7.2ClH.Ti/c1-3-7-12-10(5-1)9-11-6-2-4-8-13(11)12;1-2-5-9-7-3-6-8(9)4-1;;;/h1-5,7-8H,9H2;1-7H;2*1H;/q;;;;+2/p-2. The molecule has 0 saturated heterocycles. The van der Waals surface area contributed by atoms with Crippen LogP contribution in [0.3, 0.4) is 0 Å². The van der Waals surface area contributed by atoms with E-state index in [2.05, 4.69) is 78.9 Å². The second kappa shape index (κ2) is 7.52. The molecule has 3 aromatic carbocycles. The van der Waals surface area contributed by atoms with E-state index in [-0.39, 0.29) is 44.0 Å². The van der Waals surface area contributed by atoms with Crippen LogP contribution in [0.15, 0.2) is 72.8 Å². The SMILES string of the molecule is C1=C[CH]([Ti+2][c]2cccc3c2Cc2ccccc2-3)c2ccccc21.[Cl-].[Cl-]. The number of halogens is 2. The molecule has 2 aliphatic carbocycles. The van der Waals surface area contributed by atoms with E-state index in [0.29, 0.717) is 4.22 Å². The Morgan fingerprint density at radius 3 is 2.44 bits per heavy atom. The summed E-state index contributed by atoms with van der Waals surface area (Å²) in [5.74, 6) is 0. The van der Waals surface area contributed by atoms with Crippen molar-refractivity contribution in [3.63, 3.8) is 0 Å². The minimum absolute atomic E-state index is 0. The predicted molar refractivity (Wildman–Crippen MR) is 92.5 cm³/mol. The minimum Gasteiger partial charge on any atom is -1.00 e. The van der Waals surface area contributed by atoms with Crippen molar-refractivity contribution in [1.29, 1.82) is 0 Å². The van der Waals surface area contributed by atoms with Crippen molar-refractivity contribution in [2.75, 3.05) is 0 Å². The molecule has 0 aromatic heterocycles. The Balaban J connectivity index is 0.000000911. The van der Waals surface area contributed by atoms with Crippen molar-refractivity contribution in [2.24, 2.45) is 0 Å². The number of hydrogen-bond acceptors (Lipinski definition) is 0. The van der Waals surface area contributed by atoms with Gasteiger partial charge in [0.05, 0.1) is 0 Å². The van der Waals surface area contributed by atoms with E-state index in [1.165, 1.54) is 27.8 Å². The quantitative estimate of drug-likeness (QED) is 0.370. The average molecular weight is 399 g/mol. The van der Waals surface area contributed by atoms with Gasteiger partial charge in [-0.15, -0.1) is 0 Å². The van der Waals surface area contributed by atoms with E-state index in [4.69, 9.17) is 0 Å². The van der Waals surface area contributed by atoms with Crippen LogP contribution < -0.4 is 28.7 Å². The molecule has 0 bridgehead atoms. The molecule has 0 radical (unpaired) electrons. The molecular formula is C22H16Cl2Ti. The average Bonchev–Trinajstić information content (AvgIpc) is 3.17. The monoisotopic (exact) mass is 398 g/mol. The maximum absolute atomic E-state index is 2.42. The Kier molecular flexibility index (Phi) is 5.56. The molecule has 0 aliphatic heterocycles. The number of allylic oxidation sites excluding steroid dienone is 1. The van der Waals surface area contributed by atoms with Gasteiger partial charge in [-0.2, -0.15) is 0 Å². The largest absolute Gasteiger partial charge is 1.00 e. The summed E-state index contributed by atoms with van der Waals surface area (Å²) in [4.78, 5) is 0. The Morgan fingerprint density at radius 1 is 0.760 bits per heavy atom. The summed E-state index contributed by atoms with van der Waals surface area (Å²) in [5.41, 5.74) is 8.93. The topological polar surface area (TPSA) is 0 Å². The fourth-order valence-electron chi connectivity index (χ4n) is 3.84. The fourth-order valence-corrected chi connectivity index (χ4v) is 6.23. The van der Waals surface area contributed by atoms with E-state index in [0.717, 1.165) is 6.42 Å². The summed E-state index contributed by atoms with van der Waals surface area (Å²) in [6, 6.07) is 24.7. The van der Waals surface area contributed by atoms with Gasteiger partial charge in [0.1, 0.15) is 0 Å². The van der Waals surface area contributed by atoms with E-state index in [1.807, 2.05) is 0 Å². The molecule has 0 nitrogen and oxygen atoms in total. The summed E-state index contributed by atoms with van der Waals surface area (Å²) in [7, 11) is 0. The zero-order valence-corrected chi connectivity index (χ0v) is 16.6. The van der Waals surface area contributed by atoms with Crippen molar-refractivity contribution in [2.45, 2.75) is 10.6 Å². The van der Waals surface area contributed by atoms with Crippen LogP contribution in [-0.4, -0.2) is 0 Å². The molecule has 0 fully saturated rings. The second-order valence-electron chi connectivity index (χ2n) is 6.28. The van der Waals surface area contributed by atoms with Gasteiger partial charge in [0.15, 0.2) is 0 Å². The first-order chi connectivity index (χ1) is 11.4. The number of rotatable bonds is 2. The first kappa shape index (κ1) is 18.5. The summed E-state index contributed by atoms with van der Waals surface area (Å²) >= 11 is -0.220. The van der Waals surface area contributed by atoms with Crippen LogP contribution in [0.1, 0.15) is 26.5 Å². The molecule has 0 spiro atoms. The molecule has 5 rings (SSSR count). The summed E-state index contributed by atoms with van der Waals surface area (Å²) in [6.07, 6.45) is 5.84. The third-order valence-corrected chi connectivity index (χ3v) is 7.45. The Morgan fingerprint density at radius 2 is 1.52 bits per heavy atom. The van der Waals surface area contributed by atoms with Gasteiger partial charge >= 0.3 is 146 Å². The third kappa shape index (κ3) is 3.13. The zero-order chi connectivity index (χ0) is 15.2. The first-order valence-electron chi connectivity index (χ1n) is 8.14. The molecule has 1 atom stereocenters. The second-order valence-corrected chi connectivity index (χ2v) is 8.54. The van der Waals surface area contributed by atoms with Crippen molar-refractivity contribution in [3.05, 3.63) is 95.1 Å². The van der Waals surface area contributed by atoms with Crippen LogP contribution in [0.25, 0.3) is 17.2 Å². The molecule has 3 aromatic rings. The van der Waals surface area contributed by atoms with Gasteiger partial charge in [-0.3, -0.25) is 0 Å². The van der Waals surface area contributed by atoms with E-state index >= 15 is 0 Å². The van der Waals surface area contributed by atoms with Gasteiger partial charge in [-0.1, -0.05) is 0 Å². The Hall–Kier alpha value is -1.31. The number of fused-ring (bicyclic) bond motifs is 4. The first-order valence-corrected chi connectivity index (χ1v) is 9.82. The normalized spacial score (nSPS) is 15.3. The Bertz CT molecular complexity index is 946. The molecule has 0 saturated carbocycles. The van der Waals surface area contributed by atoms with Crippen molar-refractivity contribution in [1.82, 2.24) is 0 Å². The molecule has 3 heteroatoms. The molecule has 2 aliphatic rings. The maximum Gasteiger partial charge on any atom is -1.00 e. The molecule has 0 heterocycles. The zero-order valence-electron chi connectivity index (χ0n) is 13.5. The van der Waals surface area contributed by atoms with Crippen LogP contribution in [0, 0.1) is 0 Å². The van der Waals surface area contributed by atoms with E-state index in [9.17, 15) is 0 Å². The molecule has 0 amide bonds. The molecule has 1 unspecified atom stereocenters. The smallest absolute Gasteiger partial charge is 1.00 e. The van der Waals surface area contributed by atoms with Crippen LogP contribution >= 0.6 is 0 Å². The molecule has 0 N–H and O–H groups in total. The summed E-state index contributed by atoms with van der Waals surface area (Å²) in [5, 5.41) is 0. The molecular weight excluding hydrogens is 383 g/mol. The predicted octanol–water partition coefficient (Wildman–Crippen LogP) is -1.26. The molecule has 122 valence electrons. The Labute approximate surface area is 170 Å². The van der Waals surface area contributed by atoms with Crippen LogP contribution in [0.2, 0.25) is 0 Å². The third-order valence-electron chi connectivity index (χ3n) is 4.96. The summed E-state index contributed by atoms with van der Waals surface area (Å²) in [6.45, 7) is 0. The van der Waals surface area contributed by atoms with Crippen LogP contribution in [-0.2, 0) is 25.6 Å². The van der Waals surface area contributed by atoms with Crippen molar-refractivity contribution >= 4 is 9.94 Å².